The third-order valence-corrected chi connectivity index (χ3v) is 7.42. The first-order valence-corrected chi connectivity index (χ1v) is 13.5. The summed E-state index contributed by atoms with van der Waals surface area (Å²) < 4.78 is 11.2. The Morgan fingerprint density at radius 3 is 1.42 bits per heavy atom. The van der Waals surface area contributed by atoms with E-state index in [9.17, 15) is 9.59 Å². The molecule has 2 heterocycles. The maximum atomic E-state index is 12.2. The molecule has 6 nitrogen and oxygen atoms in total. The van der Waals surface area contributed by atoms with Crippen LogP contribution in [0.2, 0.25) is 0 Å². The van der Waals surface area contributed by atoms with Crippen molar-refractivity contribution in [3.8, 4) is 0 Å². The van der Waals surface area contributed by atoms with Crippen LogP contribution in [-0.4, -0.2) is 35.1 Å². The number of carbonyl (C=O) groups excluding carboxylic acids is 2. The third-order valence-electron chi connectivity index (χ3n) is 7.42. The summed E-state index contributed by atoms with van der Waals surface area (Å²) in [7, 11) is 0. The van der Waals surface area contributed by atoms with Crippen molar-refractivity contribution < 1.29 is 19.1 Å². The molecule has 0 spiro atoms. The van der Waals surface area contributed by atoms with Gasteiger partial charge in [0.1, 0.15) is 0 Å². The molecule has 2 atom stereocenters. The first-order valence-electron chi connectivity index (χ1n) is 13.5. The molecule has 0 fully saturated rings. The smallest absolute Gasteiger partial charge is 0.339 e. The molecule has 0 N–H and O–H groups in total. The van der Waals surface area contributed by atoms with E-state index < -0.39 is 0 Å². The lowest BCUT2D eigenvalue weighted by atomic mass is 9.82. The van der Waals surface area contributed by atoms with E-state index in [4.69, 9.17) is 9.47 Å². The first kappa shape index (κ1) is 29.5. The summed E-state index contributed by atoms with van der Waals surface area (Å²) in [4.78, 5) is 32.4. The van der Waals surface area contributed by atoms with E-state index in [-0.39, 0.29) is 22.8 Å². The number of hydrogen-bond acceptors (Lipinski definition) is 6. The van der Waals surface area contributed by atoms with Crippen molar-refractivity contribution in [3.05, 3.63) is 60.2 Å². The topological polar surface area (TPSA) is 78.4 Å². The van der Waals surface area contributed by atoms with Gasteiger partial charge in [-0.2, -0.15) is 0 Å². The second-order valence-electron chi connectivity index (χ2n) is 10.6. The molecule has 198 valence electrons. The minimum Gasteiger partial charge on any atom is -0.461 e. The van der Waals surface area contributed by atoms with Crippen LogP contribution in [0.15, 0.2) is 49.1 Å². The highest BCUT2D eigenvalue weighted by molar-refractivity contribution is 5.89. The van der Waals surface area contributed by atoms with Crippen molar-refractivity contribution in [1.82, 2.24) is 9.97 Å². The molecule has 0 aliphatic carbocycles. The van der Waals surface area contributed by atoms with E-state index in [1.165, 1.54) is 25.7 Å². The number of hydrogen-bond donors (Lipinski definition) is 0. The van der Waals surface area contributed by atoms with Crippen LogP contribution in [0.5, 0.6) is 0 Å². The standard InChI is InChI=1S/C30H44N2O4/c1-5-29(3,23-35-27(33)25-15-13-19-31-21-25)17-11-9-7-8-10-12-18-30(4,6-2)24-36-28(34)26-16-14-20-32-22-26/h13-16,19-22H,5-12,17-18,23-24H2,1-4H3. The average molecular weight is 497 g/mol. The number of unbranched alkanes of at least 4 members (excludes halogenated alkanes) is 5. The Balaban J connectivity index is 1.58. The summed E-state index contributed by atoms with van der Waals surface area (Å²) >= 11 is 0. The second kappa shape index (κ2) is 15.4. The molecule has 2 unspecified atom stereocenters. The maximum absolute atomic E-state index is 12.2. The first-order chi connectivity index (χ1) is 17.3. The second-order valence-corrected chi connectivity index (χ2v) is 10.6. The summed E-state index contributed by atoms with van der Waals surface area (Å²) in [6.07, 6.45) is 17.6. The number of pyridine rings is 2. The molecule has 0 saturated heterocycles. The van der Waals surface area contributed by atoms with Gasteiger partial charge < -0.3 is 9.47 Å². The van der Waals surface area contributed by atoms with Gasteiger partial charge in [0.05, 0.1) is 24.3 Å². The van der Waals surface area contributed by atoms with Crippen molar-refractivity contribution in [2.24, 2.45) is 10.8 Å². The summed E-state index contributed by atoms with van der Waals surface area (Å²) in [5.41, 5.74) is 1.02. The van der Waals surface area contributed by atoms with Crippen LogP contribution in [0.1, 0.15) is 113 Å². The van der Waals surface area contributed by atoms with Crippen LogP contribution >= 0.6 is 0 Å². The van der Waals surface area contributed by atoms with Crippen molar-refractivity contribution in [2.75, 3.05) is 13.2 Å². The number of ether oxygens (including phenoxy) is 2. The molecule has 6 heteroatoms. The van der Waals surface area contributed by atoms with Gasteiger partial charge in [-0.15, -0.1) is 0 Å². The lowest BCUT2D eigenvalue weighted by Gasteiger charge is -2.28. The van der Waals surface area contributed by atoms with E-state index in [0.29, 0.717) is 24.3 Å². The van der Waals surface area contributed by atoms with Gasteiger partial charge in [0.2, 0.25) is 0 Å². The van der Waals surface area contributed by atoms with Crippen LogP contribution in [0, 0.1) is 10.8 Å². The molecule has 2 aromatic rings. The van der Waals surface area contributed by atoms with Crippen LogP contribution in [0.3, 0.4) is 0 Å². The quantitative estimate of drug-likeness (QED) is 0.167. The zero-order chi connectivity index (χ0) is 26.3. The minimum atomic E-state index is -0.298. The predicted molar refractivity (Wildman–Crippen MR) is 143 cm³/mol. The van der Waals surface area contributed by atoms with Crippen molar-refractivity contribution in [2.45, 2.75) is 91.9 Å². The Labute approximate surface area is 217 Å². The van der Waals surface area contributed by atoms with Gasteiger partial charge in [-0.3, -0.25) is 9.97 Å². The number of rotatable bonds is 17. The zero-order valence-corrected chi connectivity index (χ0v) is 22.6. The molecule has 0 aliphatic rings. The van der Waals surface area contributed by atoms with Crippen LogP contribution in [0.4, 0.5) is 0 Å². The molecule has 0 aromatic carbocycles. The number of nitrogens with zero attached hydrogens (tertiary/aromatic N) is 2. The Morgan fingerprint density at radius 2 is 1.08 bits per heavy atom. The van der Waals surface area contributed by atoms with Crippen LogP contribution in [-0.2, 0) is 9.47 Å². The molecular formula is C30H44N2O4. The van der Waals surface area contributed by atoms with Gasteiger partial charge in [-0.1, -0.05) is 66.2 Å². The Morgan fingerprint density at radius 1 is 0.694 bits per heavy atom. The lowest BCUT2D eigenvalue weighted by Crippen LogP contribution is -2.25. The van der Waals surface area contributed by atoms with Crippen molar-refractivity contribution in [3.63, 3.8) is 0 Å². The largest absolute Gasteiger partial charge is 0.461 e. The molecule has 2 aromatic heterocycles. The Hall–Kier alpha value is -2.76. The number of esters is 2. The van der Waals surface area contributed by atoms with E-state index in [2.05, 4.69) is 37.7 Å². The van der Waals surface area contributed by atoms with E-state index in [1.54, 1.807) is 49.1 Å². The minimum absolute atomic E-state index is 0.00799. The lowest BCUT2D eigenvalue weighted by molar-refractivity contribution is 0.0272. The fourth-order valence-electron chi connectivity index (χ4n) is 4.13. The average Bonchev–Trinajstić information content (AvgIpc) is 2.92. The van der Waals surface area contributed by atoms with Crippen LogP contribution < -0.4 is 0 Å². The Kier molecular flexibility index (Phi) is 12.6. The molecule has 2 rings (SSSR count). The molecular weight excluding hydrogens is 452 g/mol. The summed E-state index contributed by atoms with van der Waals surface area (Å²) in [6.45, 7) is 9.62. The molecule has 0 radical (unpaired) electrons. The van der Waals surface area contributed by atoms with Gasteiger partial charge in [-0.25, -0.2) is 9.59 Å². The van der Waals surface area contributed by atoms with Crippen LogP contribution in [0.25, 0.3) is 0 Å². The zero-order valence-electron chi connectivity index (χ0n) is 22.6. The third kappa shape index (κ3) is 10.5. The molecule has 0 saturated carbocycles. The van der Waals surface area contributed by atoms with E-state index >= 15 is 0 Å². The monoisotopic (exact) mass is 496 g/mol. The Bertz CT molecular complexity index is 830. The SMILES string of the molecule is CCC(C)(CCCCCCCCC(C)(CC)COC(=O)c1cccnc1)COC(=O)c1cccnc1. The van der Waals surface area contributed by atoms with Crippen molar-refractivity contribution >= 4 is 11.9 Å². The fraction of sp³-hybridized carbons (Fsp3) is 0.600. The highest BCUT2D eigenvalue weighted by Crippen LogP contribution is 2.31. The van der Waals surface area contributed by atoms with Gasteiger partial charge in [0.25, 0.3) is 0 Å². The highest BCUT2D eigenvalue weighted by atomic mass is 16.5. The van der Waals surface area contributed by atoms with Gasteiger partial charge in [0, 0.05) is 35.6 Å². The van der Waals surface area contributed by atoms with E-state index in [0.717, 1.165) is 38.5 Å². The molecule has 0 bridgehead atoms. The van der Waals surface area contributed by atoms with E-state index in [1.807, 2.05) is 0 Å². The number of aromatic nitrogens is 2. The fourth-order valence-corrected chi connectivity index (χ4v) is 4.13. The van der Waals surface area contributed by atoms with Gasteiger partial charge in [-0.05, 0) is 49.9 Å². The number of carbonyl (C=O) groups is 2. The molecule has 36 heavy (non-hydrogen) atoms. The summed E-state index contributed by atoms with van der Waals surface area (Å²) in [5, 5.41) is 0. The summed E-state index contributed by atoms with van der Waals surface area (Å²) in [6, 6.07) is 6.96. The van der Waals surface area contributed by atoms with Gasteiger partial charge in [0.15, 0.2) is 0 Å². The molecule has 0 amide bonds. The normalized spacial score (nSPS) is 14.4. The summed E-state index contributed by atoms with van der Waals surface area (Å²) in [5.74, 6) is -0.595. The maximum Gasteiger partial charge on any atom is 0.339 e. The van der Waals surface area contributed by atoms with Crippen molar-refractivity contribution in [1.29, 1.82) is 0 Å². The van der Waals surface area contributed by atoms with Gasteiger partial charge >= 0.3 is 11.9 Å². The molecule has 0 aliphatic heterocycles. The predicted octanol–water partition coefficient (Wildman–Crippen LogP) is 7.44. The highest BCUT2D eigenvalue weighted by Gasteiger charge is 2.25.